The van der Waals surface area contributed by atoms with E-state index in [-0.39, 0.29) is 11.5 Å². The molecule has 8 nitrogen and oxygen atoms in total. The Balaban J connectivity index is 1.29. The van der Waals surface area contributed by atoms with E-state index < -0.39 is 0 Å². The number of hydrogen-bond acceptors (Lipinski definition) is 6. The molecule has 2 atom stereocenters. The number of nitrogens with one attached hydrogen (secondary N) is 1. The summed E-state index contributed by atoms with van der Waals surface area (Å²) in [5.41, 5.74) is 12.6. The summed E-state index contributed by atoms with van der Waals surface area (Å²) in [4.78, 5) is 27.1. The number of rotatable bonds is 7. The van der Waals surface area contributed by atoms with Gasteiger partial charge >= 0.3 is 0 Å². The van der Waals surface area contributed by atoms with Gasteiger partial charge in [0.25, 0.3) is 11.5 Å². The van der Waals surface area contributed by atoms with Gasteiger partial charge in [-0.1, -0.05) is 6.07 Å². The molecule has 3 aromatic rings. The Hall–Kier alpha value is -3.91. The third-order valence-electron chi connectivity index (χ3n) is 6.89. The number of amides is 1. The minimum absolute atomic E-state index is 0.102. The lowest BCUT2D eigenvalue weighted by atomic mass is 9.83. The van der Waals surface area contributed by atoms with Gasteiger partial charge in [0.1, 0.15) is 5.75 Å². The zero-order chi connectivity index (χ0) is 25.1. The van der Waals surface area contributed by atoms with Crippen LogP contribution in [0.15, 0.2) is 70.6 Å². The highest BCUT2D eigenvalue weighted by atomic mass is 16.5. The summed E-state index contributed by atoms with van der Waals surface area (Å²) >= 11 is 0. The number of ether oxygens (including phenoxy) is 1. The summed E-state index contributed by atoms with van der Waals surface area (Å²) in [5, 5.41) is 4.14. The van der Waals surface area contributed by atoms with Crippen molar-refractivity contribution in [3.05, 3.63) is 93.4 Å². The predicted molar refractivity (Wildman–Crippen MR) is 140 cm³/mol. The molecule has 186 valence electrons. The van der Waals surface area contributed by atoms with Crippen LogP contribution in [0.4, 0.5) is 5.69 Å². The van der Waals surface area contributed by atoms with Gasteiger partial charge in [-0.05, 0) is 73.4 Å². The summed E-state index contributed by atoms with van der Waals surface area (Å²) in [6.45, 7) is 5.94. The molecule has 0 aliphatic carbocycles. The monoisotopic (exact) mass is 485 g/mol. The second-order valence-corrected chi connectivity index (χ2v) is 9.51. The van der Waals surface area contributed by atoms with Crippen molar-refractivity contribution in [2.24, 2.45) is 11.0 Å². The van der Waals surface area contributed by atoms with Gasteiger partial charge in [0.2, 0.25) is 0 Å². The van der Waals surface area contributed by atoms with Gasteiger partial charge in [-0.2, -0.15) is 5.10 Å². The molecule has 1 amide bonds. The van der Waals surface area contributed by atoms with Crippen molar-refractivity contribution in [2.45, 2.75) is 32.4 Å². The molecule has 2 aliphatic heterocycles. The lowest BCUT2D eigenvalue weighted by molar-refractivity contribution is 0.0955. The number of nitrogen functional groups attached to an aromatic ring is 1. The molecule has 1 fully saturated rings. The third kappa shape index (κ3) is 5.18. The first kappa shape index (κ1) is 23.8. The lowest BCUT2D eigenvalue weighted by Crippen LogP contribution is -2.46. The van der Waals surface area contributed by atoms with Crippen molar-refractivity contribution < 1.29 is 9.53 Å². The average molecular weight is 486 g/mol. The van der Waals surface area contributed by atoms with E-state index in [1.54, 1.807) is 36.5 Å². The molecule has 3 heterocycles. The fraction of sp³-hybridized carbons (Fsp3) is 0.321. The van der Waals surface area contributed by atoms with Crippen molar-refractivity contribution in [2.75, 3.05) is 25.4 Å². The number of piperidine rings is 1. The standard InChI is InChI=1S/C28H31N5O3/c1-2-36-26-11-6-19(14-30-31-28(35)21-7-9-24(29)10-8-21)12-23(26)18-32-15-20-13-22(17-32)25-4-3-5-27(34)33(25)16-20/h3-12,14,20,22H,2,13,15-18,29H2,1H3,(H,31,35)/b30-14-/t20-,22+/m1/s1. The maximum atomic E-state index is 12.3. The average Bonchev–Trinajstić information content (AvgIpc) is 2.87. The van der Waals surface area contributed by atoms with Crippen molar-refractivity contribution in [1.82, 2.24) is 14.9 Å². The second kappa shape index (κ2) is 10.4. The zero-order valence-corrected chi connectivity index (χ0v) is 20.4. The van der Waals surface area contributed by atoms with E-state index in [4.69, 9.17) is 10.5 Å². The molecule has 8 heteroatoms. The quantitative estimate of drug-likeness (QED) is 0.304. The van der Waals surface area contributed by atoms with Crippen LogP contribution in [0, 0.1) is 5.92 Å². The summed E-state index contributed by atoms with van der Waals surface area (Å²) in [6, 6.07) is 18.3. The van der Waals surface area contributed by atoms with E-state index in [2.05, 4.69) is 27.6 Å². The Morgan fingerprint density at radius 3 is 2.78 bits per heavy atom. The Bertz CT molecular complexity index is 1330. The summed E-state index contributed by atoms with van der Waals surface area (Å²) in [6.07, 6.45) is 2.76. The Morgan fingerprint density at radius 2 is 1.97 bits per heavy atom. The van der Waals surface area contributed by atoms with E-state index in [0.29, 0.717) is 29.7 Å². The number of likely N-dealkylation sites (tertiary alicyclic amines) is 1. The molecular formula is C28H31N5O3. The Kier molecular flexibility index (Phi) is 6.86. The molecule has 2 bridgehead atoms. The fourth-order valence-electron chi connectivity index (χ4n) is 5.33. The number of carbonyl (C=O) groups excluding carboxylic acids is 1. The van der Waals surface area contributed by atoms with Crippen LogP contribution in [0.2, 0.25) is 0 Å². The largest absolute Gasteiger partial charge is 0.494 e. The van der Waals surface area contributed by atoms with Crippen molar-refractivity contribution in [1.29, 1.82) is 0 Å². The van der Waals surface area contributed by atoms with Gasteiger partial charge in [0, 0.05) is 60.7 Å². The maximum Gasteiger partial charge on any atom is 0.271 e. The molecule has 0 spiro atoms. The van der Waals surface area contributed by atoms with Crippen LogP contribution >= 0.6 is 0 Å². The number of nitrogens with two attached hydrogens (primary N) is 1. The van der Waals surface area contributed by atoms with Crippen LogP contribution in [0.3, 0.4) is 0 Å². The highest BCUT2D eigenvalue weighted by Crippen LogP contribution is 2.36. The number of fused-ring (bicyclic) bond motifs is 4. The molecule has 1 saturated heterocycles. The lowest BCUT2D eigenvalue weighted by Gasteiger charge is -2.43. The van der Waals surface area contributed by atoms with Crippen LogP contribution in [0.5, 0.6) is 5.75 Å². The predicted octanol–water partition coefficient (Wildman–Crippen LogP) is 3.21. The van der Waals surface area contributed by atoms with E-state index >= 15 is 0 Å². The zero-order valence-electron chi connectivity index (χ0n) is 20.4. The molecule has 0 saturated carbocycles. The van der Waals surface area contributed by atoms with E-state index in [1.165, 1.54) is 0 Å². The molecule has 36 heavy (non-hydrogen) atoms. The molecule has 3 N–H and O–H groups in total. The summed E-state index contributed by atoms with van der Waals surface area (Å²) < 4.78 is 7.87. The van der Waals surface area contributed by atoms with Crippen molar-refractivity contribution in [3.8, 4) is 5.75 Å². The van der Waals surface area contributed by atoms with Gasteiger partial charge in [0.15, 0.2) is 0 Å². The number of nitrogens with zero attached hydrogens (tertiary/aromatic N) is 3. The van der Waals surface area contributed by atoms with Crippen LogP contribution in [-0.4, -0.2) is 41.3 Å². The van der Waals surface area contributed by atoms with Gasteiger partial charge in [-0.3, -0.25) is 14.5 Å². The van der Waals surface area contributed by atoms with E-state index in [1.807, 2.05) is 29.7 Å². The first-order chi connectivity index (χ1) is 17.5. The first-order valence-corrected chi connectivity index (χ1v) is 12.4. The van der Waals surface area contributed by atoms with Crippen molar-refractivity contribution in [3.63, 3.8) is 0 Å². The minimum Gasteiger partial charge on any atom is -0.494 e. The maximum absolute atomic E-state index is 12.3. The number of hydrogen-bond donors (Lipinski definition) is 2. The fourth-order valence-corrected chi connectivity index (χ4v) is 5.33. The number of carbonyl (C=O) groups is 1. The topological polar surface area (TPSA) is 102 Å². The summed E-state index contributed by atoms with van der Waals surface area (Å²) in [5.74, 6) is 1.37. The van der Waals surface area contributed by atoms with E-state index in [9.17, 15) is 9.59 Å². The normalized spacial score (nSPS) is 19.1. The molecule has 2 aromatic carbocycles. The highest BCUT2D eigenvalue weighted by Gasteiger charge is 2.34. The Morgan fingerprint density at radius 1 is 1.14 bits per heavy atom. The SMILES string of the molecule is CCOc1ccc(/C=N\NC(=O)c2ccc(N)cc2)cc1CN1C[C@H]2C[C@@H](C1)c1cccc(=O)n1C2. The number of benzene rings is 2. The molecule has 0 radical (unpaired) electrons. The smallest absolute Gasteiger partial charge is 0.271 e. The van der Waals surface area contributed by atoms with Gasteiger partial charge in [-0.15, -0.1) is 0 Å². The van der Waals surface area contributed by atoms with Gasteiger partial charge < -0.3 is 15.0 Å². The summed E-state index contributed by atoms with van der Waals surface area (Å²) in [7, 11) is 0. The van der Waals surface area contributed by atoms with Gasteiger partial charge in [0.05, 0.1) is 12.8 Å². The minimum atomic E-state index is -0.295. The molecule has 2 aliphatic rings. The number of pyridine rings is 1. The molecule has 0 unspecified atom stereocenters. The van der Waals surface area contributed by atoms with Crippen LogP contribution < -0.4 is 21.5 Å². The molecular weight excluding hydrogens is 454 g/mol. The van der Waals surface area contributed by atoms with Crippen LogP contribution in [-0.2, 0) is 13.1 Å². The molecule has 5 rings (SSSR count). The third-order valence-corrected chi connectivity index (χ3v) is 6.89. The van der Waals surface area contributed by atoms with Crippen LogP contribution in [0.25, 0.3) is 0 Å². The van der Waals surface area contributed by atoms with Gasteiger partial charge in [-0.25, -0.2) is 5.43 Å². The number of anilines is 1. The second-order valence-electron chi connectivity index (χ2n) is 9.51. The Labute approximate surface area is 210 Å². The molecule has 1 aromatic heterocycles. The van der Waals surface area contributed by atoms with E-state index in [0.717, 1.165) is 55.2 Å². The first-order valence-electron chi connectivity index (χ1n) is 12.4. The highest BCUT2D eigenvalue weighted by molar-refractivity contribution is 5.95. The number of aromatic nitrogens is 1. The number of hydrazone groups is 1. The van der Waals surface area contributed by atoms with Crippen LogP contribution in [0.1, 0.15) is 46.4 Å². The van der Waals surface area contributed by atoms with Crippen molar-refractivity contribution >= 4 is 17.8 Å².